The summed E-state index contributed by atoms with van der Waals surface area (Å²) in [5, 5.41) is 14.4. The van der Waals surface area contributed by atoms with Gasteiger partial charge in [0, 0.05) is 24.6 Å². The maximum absolute atomic E-state index is 11.6. The van der Waals surface area contributed by atoms with Crippen molar-refractivity contribution < 1.29 is 8.42 Å². The molecule has 1 atom stereocenters. The van der Waals surface area contributed by atoms with Crippen molar-refractivity contribution in [2.45, 2.75) is 25.3 Å². The fourth-order valence-corrected chi connectivity index (χ4v) is 4.41. The third kappa shape index (κ3) is 4.26. The summed E-state index contributed by atoms with van der Waals surface area (Å²) < 4.78 is 25.8. The highest BCUT2D eigenvalue weighted by atomic mass is 32.2. The van der Waals surface area contributed by atoms with E-state index in [1.54, 1.807) is 6.20 Å². The Balaban J connectivity index is 1.49. The van der Waals surface area contributed by atoms with Crippen LogP contribution in [0.1, 0.15) is 30.0 Å². The minimum absolute atomic E-state index is 0.201. The molecule has 1 fully saturated rings. The molecule has 3 N–H and O–H groups in total. The van der Waals surface area contributed by atoms with E-state index in [0.29, 0.717) is 5.69 Å². The Morgan fingerprint density at radius 3 is 2.75 bits per heavy atom. The maximum Gasteiger partial charge on any atom is 0.229 e. The molecule has 0 bridgehead atoms. The minimum Gasteiger partial charge on any atom is -0.298 e. The number of aromatic amines is 2. The molecular formula is C19H24N6O2S. The summed E-state index contributed by atoms with van der Waals surface area (Å²) in [6, 6.07) is 10.2. The number of sulfonamides is 1. The van der Waals surface area contributed by atoms with Crippen LogP contribution in [0.3, 0.4) is 0 Å². The summed E-state index contributed by atoms with van der Waals surface area (Å²) in [5.41, 5.74) is 4.72. The molecule has 3 aromatic rings. The van der Waals surface area contributed by atoms with Gasteiger partial charge >= 0.3 is 0 Å². The molecule has 8 nitrogen and oxygen atoms in total. The van der Waals surface area contributed by atoms with Crippen molar-refractivity contribution in [3.63, 3.8) is 0 Å². The Bertz CT molecular complexity index is 1030. The predicted molar refractivity (Wildman–Crippen MR) is 108 cm³/mol. The zero-order valence-corrected chi connectivity index (χ0v) is 16.5. The smallest absolute Gasteiger partial charge is 0.229 e. The highest BCUT2D eigenvalue weighted by molar-refractivity contribution is 7.92. The van der Waals surface area contributed by atoms with Gasteiger partial charge in [-0.1, -0.05) is 30.3 Å². The number of hydrogen-bond donors (Lipinski definition) is 3. The zero-order chi connectivity index (χ0) is 19.6. The van der Waals surface area contributed by atoms with Crippen LogP contribution in [0, 0.1) is 0 Å². The van der Waals surface area contributed by atoms with Gasteiger partial charge in [-0.15, -0.1) is 0 Å². The fraction of sp³-hybridized carbons (Fsp3) is 0.368. The quantitative estimate of drug-likeness (QED) is 0.589. The Hall–Kier alpha value is -2.65. The number of anilines is 1. The van der Waals surface area contributed by atoms with E-state index >= 15 is 0 Å². The van der Waals surface area contributed by atoms with Crippen LogP contribution in [0.5, 0.6) is 0 Å². The first-order valence-electron chi connectivity index (χ1n) is 9.30. The third-order valence-electron chi connectivity index (χ3n) is 5.05. The van der Waals surface area contributed by atoms with Crippen molar-refractivity contribution in [3.8, 4) is 11.3 Å². The average Bonchev–Trinajstić information content (AvgIpc) is 3.31. The molecular weight excluding hydrogens is 376 g/mol. The minimum atomic E-state index is -3.34. The molecule has 0 radical (unpaired) electrons. The van der Waals surface area contributed by atoms with E-state index in [4.69, 9.17) is 0 Å². The lowest BCUT2D eigenvalue weighted by Crippen LogP contribution is -2.34. The van der Waals surface area contributed by atoms with Gasteiger partial charge in [-0.2, -0.15) is 10.2 Å². The van der Waals surface area contributed by atoms with Crippen molar-refractivity contribution >= 4 is 15.7 Å². The molecule has 3 heterocycles. The highest BCUT2D eigenvalue weighted by Crippen LogP contribution is 2.32. The summed E-state index contributed by atoms with van der Waals surface area (Å²) in [4.78, 5) is 2.39. The molecule has 1 aromatic carbocycles. The van der Waals surface area contributed by atoms with E-state index in [-0.39, 0.29) is 5.92 Å². The van der Waals surface area contributed by atoms with E-state index in [0.717, 1.165) is 61.2 Å². The lowest BCUT2D eigenvalue weighted by molar-refractivity contribution is 0.199. The van der Waals surface area contributed by atoms with Gasteiger partial charge in [0.1, 0.15) is 0 Å². The predicted octanol–water partition coefficient (Wildman–Crippen LogP) is 2.55. The first kappa shape index (κ1) is 18.7. The molecule has 0 amide bonds. The third-order valence-corrected chi connectivity index (χ3v) is 5.64. The fourth-order valence-electron chi connectivity index (χ4n) is 3.85. The monoisotopic (exact) mass is 400 g/mol. The number of benzene rings is 1. The number of aromatic nitrogens is 4. The molecule has 0 saturated carbocycles. The summed E-state index contributed by atoms with van der Waals surface area (Å²) in [5.74, 6) is 0.201. The Kier molecular flexibility index (Phi) is 5.19. The number of nitrogens with one attached hydrogen (secondary N) is 3. The first-order valence-corrected chi connectivity index (χ1v) is 11.2. The summed E-state index contributed by atoms with van der Waals surface area (Å²) in [6.45, 7) is 2.62. The van der Waals surface area contributed by atoms with E-state index in [2.05, 4.69) is 42.1 Å². The van der Waals surface area contributed by atoms with Crippen LogP contribution in [0.4, 0.5) is 5.69 Å². The van der Waals surface area contributed by atoms with Gasteiger partial charge in [-0.25, -0.2) is 8.42 Å². The van der Waals surface area contributed by atoms with Crippen molar-refractivity contribution in [2.75, 3.05) is 24.1 Å². The Labute approximate surface area is 164 Å². The number of rotatable bonds is 6. The largest absolute Gasteiger partial charge is 0.298 e. The van der Waals surface area contributed by atoms with Crippen molar-refractivity contribution in [3.05, 3.63) is 54.0 Å². The number of likely N-dealkylation sites (tertiary alicyclic amines) is 1. The zero-order valence-electron chi connectivity index (χ0n) is 15.7. The molecule has 2 aromatic heterocycles. The second kappa shape index (κ2) is 7.76. The van der Waals surface area contributed by atoms with Gasteiger partial charge in [0.25, 0.3) is 0 Å². The molecule has 1 aliphatic heterocycles. The van der Waals surface area contributed by atoms with E-state index in [9.17, 15) is 8.42 Å². The molecule has 1 unspecified atom stereocenters. The van der Waals surface area contributed by atoms with Gasteiger partial charge in [0.2, 0.25) is 10.0 Å². The van der Waals surface area contributed by atoms with E-state index in [1.165, 1.54) is 0 Å². The van der Waals surface area contributed by atoms with Gasteiger partial charge in [-0.3, -0.25) is 19.8 Å². The molecule has 148 valence electrons. The van der Waals surface area contributed by atoms with Crippen molar-refractivity contribution in [1.82, 2.24) is 25.3 Å². The lowest BCUT2D eigenvalue weighted by Gasteiger charge is -2.32. The maximum atomic E-state index is 11.6. The second-order valence-electron chi connectivity index (χ2n) is 7.28. The average molecular weight is 401 g/mol. The van der Waals surface area contributed by atoms with Crippen LogP contribution in [-0.4, -0.2) is 53.1 Å². The molecule has 0 aliphatic carbocycles. The van der Waals surface area contributed by atoms with Crippen LogP contribution >= 0.6 is 0 Å². The normalized spacial score (nSPS) is 18.2. The molecule has 1 aliphatic rings. The van der Waals surface area contributed by atoms with Crippen LogP contribution < -0.4 is 4.72 Å². The van der Waals surface area contributed by atoms with E-state index in [1.807, 2.05) is 24.4 Å². The summed E-state index contributed by atoms with van der Waals surface area (Å²) in [7, 11) is -3.34. The van der Waals surface area contributed by atoms with Crippen LogP contribution in [-0.2, 0) is 16.6 Å². The van der Waals surface area contributed by atoms with Crippen molar-refractivity contribution in [1.29, 1.82) is 0 Å². The van der Waals surface area contributed by atoms with Crippen LogP contribution in [0.15, 0.2) is 42.7 Å². The topological polar surface area (TPSA) is 107 Å². The molecule has 4 rings (SSSR count). The van der Waals surface area contributed by atoms with Crippen molar-refractivity contribution in [2.24, 2.45) is 0 Å². The first-order chi connectivity index (χ1) is 13.5. The summed E-state index contributed by atoms with van der Waals surface area (Å²) in [6.07, 6.45) is 6.62. The molecule has 0 spiro atoms. The molecule has 1 saturated heterocycles. The van der Waals surface area contributed by atoms with E-state index < -0.39 is 10.0 Å². The van der Waals surface area contributed by atoms with Gasteiger partial charge in [-0.05, 0) is 24.9 Å². The Morgan fingerprint density at radius 1 is 1.18 bits per heavy atom. The van der Waals surface area contributed by atoms with Gasteiger partial charge in [0.15, 0.2) is 0 Å². The number of piperidine rings is 1. The SMILES string of the molecule is CS(=O)(=O)Nc1cn[nH]c1C1CCCN(Cc2cn[nH]c2-c2ccccc2)C1. The number of nitrogens with zero attached hydrogens (tertiary/aromatic N) is 3. The number of H-pyrrole nitrogens is 2. The summed E-state index contributed by atoms with van der Waals surface area (Å²) >= 11 is 0. The van der Waals surface area contributed by atoms with Crippen LogP contribution in [0.25, 0.3) is 11.3 Å². The Morgan fingerprint density at radius 2 is 1.96 bits per heavy atom. The van der Waals surface area contributed by atoms with Gasteiger partial charge < -0.3 is 0 Å². The highest BCUT2D eigenvalue weighted by Gasteiger charge is 2.26. The lowest BCUT2D eigenvalue weighted by atomic mass is 9.93. The standard InChI is InChI=1S/C19H24N6O2S/c1-28(26,27)24-17-11-21-23-19(17)15-8-5-9-25(12-15)13-16-10-20-22-18(16)14-6-3-2-4-7-14/h2-4,6-7,10-11,15,24H,5,8-9,12-13H2,1H3,(H,20,22)(H,21,23). The molecule has 28 heavy (non-hydrogen) atoms. The van der Waals surface area contributed by atoms with Gasteiger partial charge in [0.05, 0.1) is 35.7 Å². The second-order valence-corrected chi connectivity index (χ2v) is 9.03. The molecule has 9 heteroatoms. The van der Waals surface area contributed by atoms with Crippen LogP contribution in [0.2, 0.25) is 0 Å². The number of hydrogen-bond acceptors (Lipinski definition) is 5.